The van der Waals surface area contributed by atoms with Crippen molar-refractivity contribution in [2.45, 2.75) is 57.5 Å². The van der Waals surface area contributed by atoms with Crippen molar-refractivity contribution < 1.29 is 5.11 Å². The van der Waals surface area contributed by atoms with Gasteiger partial charge < -0.3 is 10.0 Å². The second-order valence-corrected chi connectivity index (χ2v) is 10.0. The van der Waals surface area contributed by atoms with Crippen LogP contribution in [0.1, 0.15) is 63.1 Å². The molecule has 1 saturated carbocycles. The molecule has 1 fully saturated rings. The summed E-state index contributed by atoms with van der Waals surface area (Å²) in [5.74, 6) is 0.0578. The molecule has 0 aromatic heterocycles. The first kappa shape index (κ1) is 21.9. The Kier molecular flexibility index (Phi) is 6.45. The lowest BCUT2D eigenvalue weighted by atomic mass is 9.69. The van der Waals surface area contributed by atoms with Crippen LogP contribution in [0.3, 0.4) is 0 Å². The molecular formula is C26H34ClNO. The molecule has 1 aliphatic rings. The van der Waals surface area contributed by atoms with E-state index in [1.54, 1.807) is 0 Å². The molecule has 3 rings (SSSR count). The summed E-state index contributed by atoms with van der Waals surface area (Å²) in [7, 11) is 4.14. The van der Waals surface area contributed by atoms with Gasteiger partial charge in [-0.1, -0.05) is 81.6 Å². The summed E-state index contributed by atoms with van der Waals surface area (Å²) in [5, 5.41) is 12.7. The molecule has 2 nitrogen and oxygen atoms in total. The third-order valence-corrected chi connectivity index (χ3v) is 6.44. The Morgan fingerprint density at radius 1 is 1.03 bits per heavy atom. The number of hydrogen-bond donors (Lipinski definition) is 1. The number of rotatable bonds is 4. The van der Waals surface area contributed by atoms with Crippen molar-refractivity contribution in [2.24, 2.45) is 5.92 Å². The molecule has 2 aromatic carbocycles. The summed E-state index contributed by atoms with van der Waals surface area (Å²) in [6, 6.07) is 16.5. The van der Waals surface area contributed by atoms with Gasteiger partial charge in [-0.25, -0.2) is 0 Å². The van der Waals surface area contributed by atoms with Crippen molar-refractivity contribution in [3.8, 4) is 0 Å². The maximum Gasteiger partial charge on any atom is 0.0978 e. The fraction of sp³-hybridized carbons (Fsp3) is 0.462. The van der Waals surface area contributed by atoms with Crippen molar-refractivity contribution in [1.82, 2.24) is 4.90 Å². The molecule has 2 atom stereocenters. The zero-order chi connectivity index (χ0) is 21.2. The van der Waals surface area contributed by atoms with Gasteiger partial charge in [0.1, 0.15) is 0 Å². The zero-order valence-electron chi connectivity index (χ0n) is 18.4. The van der Waals surface area contributed by atoms with Crippen LogP contribution in [0.25, 0.3) is 6.08 Å². The number of hydrogen-bond acceptors (Lipinski definition) is 2. The third-order valence-electron chi connectivity index (χ3n) is 6.19. The maximum atomic E-state index is 11.9. The molecule has 0 saturated heterocycles. The Bertz CT molecular complexity index is 846. The van der Waals surface area contributed by atoms with E-state index in [1.807, 2.05) is 24.3 Å². The van der Waals surface area contributed by atoms with Crippen molar-refractivity contribution >= 4 is 17.7 Å². The van der Waals surface area contributed by atoms with Gasteiger partial charge in [0.25, 0.3) is 0 Å². The lowest BCUT2D eigenvalue weighted by molar-refractivity contribution is -0.0463. The Hall–Kier alpha value is -1.77. The third kappa shape index (κ3) is 4.87. The van der Waals surface area contributed by atoms with E-state index >= 15 is 0 Å². The van der Waals surface area contributed by atoms with Crippen LogP contribution in [0, 0.1) is 5.92 Å². The molecule has 0 heterocycles. The predicted molar refractivity (Wildman–Crippen MR) is 124 cm³/mol. The Balaban J connectivity index is 2.01. The van der Waals surface area contributed by atoms with E-state index in [-0.39, 0.29) is 11.3 Å². The van der Waals surface area contributed by atoms with Crippen LogP contribution in [0.4, 0.5) is 0 Å². The quantitative estimate of drug-likeness (QED) is 0.611. The molecule has 0 spiro atoms. The largest absolute Gasteiger partial charge is 0.384 e. The lowest BCUT2D eigenvalue weighted by Crippen LogP contribution is -2.41. The Morgan fingerprint density at radius 3 is 2.21 bits per heavy atom. The highest BCUT2D eigenvalue weighted by Gasteiger charge is 2.43. The Morgan fingerprint density at radius 2 is 1.66 bits per heavy atom. The first-order valence-electron chi connectivity index (χ1n) is 10.6. The first-order chi connectivity index (χ1) is 13.6. The summed E-state index contributed by atoms with van der Waals surface area (Å²) in [4.78, 5) is 2.15. The molecule has 0 aliphatic heterocycles. The predicted octanol–water partition coefficient (Wildman–Crippen LogP) is 6.62. The molecule has 29 heavy (non-hydrogen) atoms. The Labute approximate surface area is 181 Å². The van der Waals surface area contributed by atoms with Gasteiger partial charge in [0.05, 0.1) is 5.60 Å². The summed E-state index contributed by atoms with van der Waals surface area (Å²) in [5.41, 5.74) is 3.84. The number of benzene rings is 2. The zero-order valence-corrected chi connectivity index (χ0v) is 19.1. The van der Waals surface area contributed by atoms with Crippen LogP contribution in [0.2, 0.25) is 5.02 Å². The minimum atomic E-state index is -0.850. The highest BCUT2D eigenvalue weighted by Crippen LogP contribution is 2.46. The van der Waals surface area contributed by atoms with Gasteiger partial charge in [-0.15, -0.1) is 0 Å². The summed E-state index contributed by atoms with van der Waals surface area (Å²) >= 11 is 6.06. The van der Waals surface area contributed by atoms with E-state index < -0.39 is 5.60 Å². The van der Waals surface area contributed by atoms with E-state index in [2.05, 4.69) is 70.1 Å². The van der Waals surface area contributed by atoms with Gasteiger partial charge in [-0.05, 0) is 53.2 Å². The molecule has 0 radical (unpaired) electrons. The molecule has 156 valence electrons. The number of halogens is 1. The van der Waals surface area contributed by atoms with Gasteiger partial charge >= 0.3 is 0 Å². The maximum absolute atomic E-state index is 11.9. The van der Waals surface area contributed by atoms with Crippen LogP contribution in [0.15, 0.2) is 54.2 Å². The smallest absolute Gasteiger partial charge is 0.0978 e. The van der Waals surface area contributed by atoms with Crippen molar-refractivity contribution in [1.29, 1.82) is 0 Å². The average molecular weight is 412 g/mol. The summed E-state index contributed by atoms with van der Waals surface area (Å²) < 4.78 is 0. The van der Waals surface area contributed by atoms with Gasteiger partial charge in [0.15, 0.2) is 0 Å². The molecule has 0 amide bonds. The molecule has 1 N–H and O–H groups in total. The molecule has 3 heteroatoms. The molecule has 1 aliphatic carbocycles. The van der Waals surface area contributed by atoms with Crippen LogP contribution in [-0.4, -0.2) is 24.1 Å². The van der Waals surface area contributed by atoms with E-state index in [1.165, 1.54) is 5.56 Å². The van der Waals surface area contributed by atoms with Crippen LogP contribution in [0.5, 0.6) is 0 Å². The van der Waals surface area contributed by atoms with Gasteiger partial charge in [-0.3, -0.25) is 0 Å². The van der Waals surface area contributed by atoms with Gasteiger partial charge in [0.2, 0.25) is 0 Å². The van der Waals surface area contributed by atoms with Crippen LogP contribution < -0.4 is 0 Å². The van der Waals surface area contributed by atoms with Crippen molar-refractivity contribution in [2.75, 3.05) is 14.1 Å². The topological polar surface area (TPSA) is 23.5 Å². The van der Waals surface area contributed by atoms with E-state index in [9.17, 15) is 5.11 Å². The molecule has 2 unspecified atom stereocenters. The first-order valence-corrected chi connectivity index (χ1v) is 11.0. The average Bonchev–Trinajstić information content (AvgIpc) is 2.67. The highest BCUT2D eigenvalue weighted by atomic mass is 35.5. The van der Waals surface area contributed by atoms with Crippen LogP contribution >= 0.6 is 11.6 Å². The van der Waals surface area contributed by atoms with E-state index in [0.29, 0.717) is 0 Å². The fourth-order valence-electron chi connectivity index (χ4n) is 4.42. The standard InChI is InChI=1S/C26H34ClNO/c1-25(2,3)20-11-13-21(14-12-20)26(29)17-7-6-8-23(26)24(28(4)5)18-19-9-15-22(27)16-10-19/h9-16,18,23,29H,6-8,17H2,1-5H3/b24-18-. The number of nitrogens with zero attached hydrogens (tertiary/aromatic N) is 1. The van der Waals surface area contributed by atoms with Crippen molar-refractivity contribution in [3.63, 3.8) is 0 Å². The monoisotopic (exact) mass is 411 g/mol. The minimum Gasteiger partial charge on any atom is -0.384 e. The molecule has 0 bridgehead atoms. The fourth-order valence-corrected chi connectivity index (χ4v) is 4.55. The number of aliphatic hydroxyl groups is 1. The molecular weight excluding hydrogens is 378 g/mol. The highest BCUT2D eigenvalue weighted by molar-refractivity contribution is 6.30. The van der Waals surface area contributed by atoms with Gasteiger partial charge in [0, 0.05) is 30.7 Å². The van der Waals surface area contributed by atoms with E-state index in [4.69, 9.17) is 11.6 Å². The molecule has 2 aromatic rings. The minimum absolute atomic E-state index is 0.0578. The van der Waals surface area contributed by atoms with Crippen molar-refractivity contribution in [3.05, 3.63) is 75.9 Å². The second kappa shape index (κ2) is 8.53. The van der Waals surface area contributed by atoms with Crippen LogP contribution in [-0.2, 0) is 11.0 Å². The summed E-state index contributed by atoms with van der Waals surface area (Å²) in [6.07, 6.45) is 6.16. The van der Waals surface area contributed by atoms with Gasteiger partial charge in [-0.2, -0.15) is 0 Å². The van der Waals surface area contributed by atoms with E-state index in [0.717, 1.165) is 47.5 Å². The SMILES string of the molecule is CN(C)/C(=C\c1ccc(Cl)cc1)C1CCCCC1(O)c1ccc(C(C)(C)C)cc1. The normalized spacial score (nSPS) is 23.1. The summed E-state index contributed by atoms with van der Waals surface area (Å²) in [6.45, 7) is 6.66. The lowest BCUT2D eigenvalue weighted by Gasteiger charge is -2.43. The second-order valence-electron chi connectivity index (χ2n) is 9.57.